The van der Waals surface area contributed by atoms with Gasteiger partial charge in [-0.3, -0.25) is 14.5 Å². The lowest BCUT2D eigenvalue weighted by Crippen LogP contribution is -2.29. The zero-order chi connectivity index (χ0) is 26.1. The van der Waals surface area contributed by atoms with Crippen LogP contribution in [-0.2, 0) is 9.59 Å². The number of ether oxygens (including phenoxy) is 1. The standard InChI is InChI=1S/C32H29NO4/c1-20(2)19-37-25-14-7-12-23(18-25)29-28(30(34)27-16-8-11-22-10-4-5-15-26(22)27)31(35)32(36)33(29)24-13-6-9-21(3)17-24/h4-18,20,29,34H,19H2,1-3H3/b30-28-. The van der Waals surface area contributed by atoms with Crippen molar-refractivity contribution >= 4 is 33.9 Å². The summed E-state index contributed by atoms with van der Waals surface area (Å²) < 4.78 is 5.95. The average molecular weight is 492 g/mol. The molecule has 0 spiro atoms. The molecule has 5 nitrogen and oxygen atoms in total. The van der Waals surface area contributed by atoms with Crippen molar-refractivity contribution < 1.29 is 19.4 Å². The lowest BCUT2D eigenvalue weighted by Gasteiger charge is -2.26. The van der Waals surface area contributed by atoms with Crippen molar-refractivity contribution in [3.8, 4) is 5.75 Å². The number of carbonyl (C=O) groups excluding carboxylic acids is 2. The molecule has 186 valence electrons. The first-order chi connectivity index (χ1) is 17.8. The van der Waals surface area contributed by atoms with Gasteiger partial charge < -0.3 is 9.84 Å². The summed E-state index contributed by atoms with van der Waals surface area (Å²) in [6.07, 6.45) is 0. The normalized spacial score (nSPS) is 17.1. The van der Waals surface area contributed by atoms with Gasteiger partial charge in [-0.2, -0.15) is 0 Å². The van der Waals surface area contributed by atoms with Crippen molar-refractivity contribution in [2.24, 2.45) is 5.92 Å². The minimum Gasteiger partial charge on any atom is -0.507 e. The molecule has 1 N–H and O–H groups in total. The summed E-state index contributed by atoms with van der Waals surface area (Å²) in [5, 5.41) is 13.4. The number of hydrogen-bond acceptors (Lipinski definition) is 4. The molecular formula is C32H29NO4. The van der Waals surface area contributed by atoms with Gasteiger partial charge in [0.25, 0.3) is 11.7 Å². The summed E-state index contributed by atoms with van der Waals surface area (Å²) >= 11 is 0. The quantitative estimate of drug-likeness (QED) is 0.183. The summed E-state index contributed by atoms with van der Waals surface area (Å²) in [4.78, 5) is 28.6. The van der Waals surface area contributed by atoms with Crippen LogP contribution in [0.5, 0.6) is 5.75 Å². The van der Waals surface area contributed by atoms with Crippen LogP contribution < -0.4 is 9.64 Å². The fourth-order valence-corrected chi connectivity index (χ4v) is 4.81. The first kappa shape index (κ1) is 24.3. The number of aliphatic hydroxyl groups excluding tert-OH is 1. The third-order valence-electron chi connectivity index (χ3n) is 6.53. The molecule has 1 heterocycles. The summed E-state index contributed by atoms with van der Waals surface area (Å²) in [7, 11) is 0. The Morgan fingerprint density at radius 1 is 0.919 bits per heavy atom. The van der Waals surface area contributed by atoms with Crippen molar-refractivity contribution in [2.45, 2.75) is 26.8 Å². The van der Waals surface area contributed by atoms with Crippen molar-refractivity contribution in [3.05, 3.63) is 113 Å². The Labute approximate surface area is 216 Å². The van der Waals surface area contributed by atoms with Crippen LogP contribution in [0.1, 0.15) is 36.6 Å². The van der Waals surface area contributed by atoms with Gasteiger partial charge in [-0.15, -0.1) is 0 Å². The number of anilines is 1. The maximum absolute atomic E-state index is 13.6. The zero-order valence-corrected chi connectivity index (χ0v) is 21.1. The number of benzene rings is 4. The lowest BCUT2D eigenvalue weighted by atomic mass is 9.93. The summed E-state index contributed by atoms with van der Waals surface area (Å²) in [5.74, 6) is -0.598. The van der Waals surface area contributed by atoms with Gasteiger partial charge in [0.2, 0.25) is 0 Å². The minimum absolute atomic E-state index is 0.0591. The Kier molecular flexibility index (Phi) is 6.53. The molecule has 37 heavy (non-hydrogen) atoms. The highest BCUT2D eigenvalue weighted by molar-refractivity contribution is 6.51. The highest BCUT2D eigenvalue weighted by Gasteiger charge is 2.47. The van der Waals surface area contributed by atoms with Crippen LogP contribution in [0.2, 0.25) is 0 Å². The van der Waals surface area contributed by atoms with E-state index in [1.807, 2.05) is 91.9 Å². The third kappa shape index (κ3) is 4.60. The van der Waals surface area contributed by atoms with Crippen molar-refractivity contribution in [2.75, 3.05) is 11.5 Å². The zero-order valence-electron chi connectivity index (χ0n) is 21.1. The second-order valence-electron chi connectivity index (χ2n) is 9.81. The van der Waals surface area contributed by atoms with E-state index >= 15 is 0 Å². The third-order valence-corrected chi connectivity index (χ3v) is 6.53. The SMILES string of the molecule is Cc1cccc(N2C(=O)C(=O)/C(=C(\O)c3cccc4ccccc34)C2c2cccc(OCC(C)C)c2)c1. The minimum atomic E-state index is -0.816. The molecule has 4 aromatic carbocycles. The van der Waals surface area contributed by atoms with Crippen LogP contribution >= 0.6 is 0 Å². The fraction of sp³-hybridized carbons (Fsp3) is 0.188. The summed E-state index contributed by atoms with van der Waals surface area (Å²) in [5.41, 5.74) is 2.81. The maximum Gasteiger partial charge on any atom is 0.300 e. The Morgan fingerprint density at radius 3 is 2.43 bits per heavy atom. The van der Waals surface area contributed by atoms with E-state index in [2.05, 4.69) is 13.8 Å². The van der Waals surface area contributed by atoms with Crippen molar-refractivity contribution in [1.82, 2.24) is 0 Å². The number of ketones is 1. The predicted octanol–water partition coefficient (Wildman–Crippen LogP) is 6.81. The molecule has 0 aromatic heterocycles. The van der Waals surface area contributed by atoms with Crippen LogP contribution in [0.15, 0.2) is 96.6 Å². The summed E-state index contributed by atoms with van der Waals surface area (Å²) in [6, 6.07) is 27.3. The number of amides is 1. The number of aliphatic hydroxyl groups is 1. The van der Waals surface area contributed by atoms with E-state index < -0.39 is 17.7 Å². The highest BCUT2D eigenvalue weighted by atomic mass is 16.5. The van der Waals surface area contributed by atoms with Gasteiger partial charge in [-0.1, -0.05) is 80.6 Å². The fourth-order valence-electron chi connectivity index (χ4n) is 4.81. The van der Waals surface area contributed by atoms with Crippen molar-refractivity contribution in [3.63, 3.8) is 0 Å². The maximum atomic E-state index is 13.6. The number of Topliss-reactive ketones (excluding diaryl/α,β-unsaturated/α-hetero) is 1. The molecular weight excluding hydrogens is 462 g/mol. The Hall–Kier alpha value is -4.38. The molecule has 0 saturated carbocycles. The van der Waals surface area contributed by atoms with Gasteiger partial charge in [0.05, 0.1) is 18.2 Å². The molecule has 1 fully saturated rings. The number of rotatable bonds is 6. The number of carbonyl (C=O) groups is 2. The molecule has 5 heteroatoms. The lowest BCUT2D eigenvalue weighted by molar-refractivity contribution is -0.132. The number of fused-ring (bicyclic) bond motifs is 1. The first-order valence-corrected chi connectivity index (χ1v) is 12.4. The number of nitrogens with zero attached hydrogens (tertiary/aromatic N) is 1. The monoisotopic (exact) mass is 491 g/mol. The molecule has 1 aliphatic rings. The number of hydrogen-bond donors (Lipinski definition) is 1. The second kappa shape index (κ2) is 9.94. The first-order valence-electron chi connectivity index (χ1n) is 12.4. The molecule has 1 atom stereocenters. The van der Waals surface area contributed by atoms with E-state index in [1.54, 1.807) is 6.07 Å². The smallest absolute Gasteiger partial charge is 0.300 e. The Morgan fingerprint density at radius 2 is 1.65 bits per heavy atom. The van der Waals surface area contributed by atoms with Gasteiger partial charge in [0, 0.05) is 11.3 Å². The molecule has 4 aromatic rings. The van der Waals surface area contributed by atoms with E-state index in [0.717, 1.165) is 16.3 Å². The largest absolute Gasteiger partial charge is 0.507 e. The summed E-state index contributed by atoms with van der Waals surface area (Å²) in [6.45, 7) is 6.62. The van der Waals surface area contributed by atoms with E-state index in [1.165, 1.54) is 4.90 Å². The predicted molar refractivity (Wildman–Crippen MR) is 147 cm³/mol. The molecule has 1 amide bonds. The number of aryl methyl sites for hydroxylation is 1. The van der Waals surface area contributed by atoms with Crippen LogP contribution in [0, 0.1) is 12.8 Å². The molecule has 1 unspecified atom stereocenters. The van der Waals surface area contributed by atoms with E-state index in [9.17, 15) is 14.7 Å². The van der Waals surface area contributed by atoms with Gasteiger partial charge in [0.1, 0.15) is 11.5 Å². The second-order valence-corrected chi connectivity index (χ2v) is 9.81. The van der Waals surface area contributed by atoms with Crippen LogP contribution in [-0.4, -0.2) is 23.4 Å². The topological polar surface area (TPSA) is 66.8 Å². The molecule has 1 aliphatic heterocycles. The van der Waals surface area contributed by atoms with Crippen LogP contribution in [0.4, 0.5) is 5.69 Å². The van der Waals surface area contributed by atoms with E-state index in [4.69, 9.17) is 4.74 Å². The molecule has 0 aliphatic carbocycles. The highest BCUT2D eigenvalue weighted by Crippen LogP contribution is 2.43. The van der Waals surface area contributed by atoms with Crippen LogP contribution in [0.3, 0.4) is 0 Å². The Balaban J connectivity index is 1.73. The molecule has 0 radical (unpaired) electrons. The molecule has 1 saturated heterocycles. The van der Waals surface area contributed by atoms with Crippen LogP contribution in [0.25, 0.3) is 16.5 Å². The average Bonchev–Trinajstić information content (AvgIpc) is 3.17. The van der Waals surface area contributed by atoms with E-state index in [0.29, 0.717) is 35.1 Å². The van der Waals surface area contributed by atoms with E-state index in [-0.39, 0.29) is 11.3 Å². The molecule has 0 bridgehead atoms. The van der Waals surface area contributed by atoms with Gasteiger partial charge in [0.15, 0.2) is 0 Å². The molecule has 5 rings (SSSR count). The van der Waals surface area contributed by atoms with Gasteiger partial charge in [-0.25, -0.2) is 0 Å². The van der Waals surface area contributed by atoms with Gasteiger partial charge in [-0.05, 0) is 59.0 Å². The van der Waals surface area contributed by atoms with Gasteiger partial charge >= 0.3 is 0 Å². The Bertz CT molecular complexity index is 1530. The van der Waals surface area contributed by atoms with Crippen molar-refractivity contribution in [1.29, 1.82) is 0 Å².